The summed E-state index contributed by atoms with van der Waals surface area (Å²) in [6.45, 7) is -0.293. The van der Waals surface area contributed by atoms with Gasteiger partial charge < -0.3 is 5.11 Å². The van der Waals surface area contributed by atoms with Gasteiger partial charge in [0.05, 0.1) is 12.5 Å². The highest BCUT2D eigenvalue weighted by molar-refractivity contribution is 5.37. The molecule has 19 heavy (non-hydrogen) atoms. The quantitative estimate of drug-likeness (QED) is 0.661. The second-order valence-electron chi connectivity index (χ2n) is 4.34. The van der Waals surface area contributed by atoms with Crippen LogP contribution in [0.4, 0.5) is 0 Å². The molecule has 2 aromatic carbocycles. The molecule has 0 saturated heterocycles. The lowest BCUT2D eigenvalue weighted by molar-refractivity contribution is -0.481. The van der Waals surface area contributed by atoms with E-state index >= 15 is 0 Å². The van der Waals surface area contributed by atoms with Crippen LogP contribution in [-0.4, -0.2) is 16.6 Å². The second kappa shape index (κ2) is 6.11. The van der Waals surface area contributed by atoms with Crippen molar-refractivity contribution in [3.63, 3.8) is 0 Å². The molecule has 1 atom stereocenters. The molecule has 0 radical (unpaired) electrons. The third kappa shape index (κ3) is 3.17. The second-order valence-corrected chi connectivity index (χ2v) is 4.34. The maximum absolute atomic E-state index is 10.9. The number of rotatable bonds is 5. The first-order valence-electron chi connectivity index (χ1n) is 6.07. The Labute approximate surface area is 111 Å². The normalized spacial score (nSPS) is 12.1. The van der Waals surface area contributed by atoms with Gasteiger partial charge in [-0.25, -0.2) is 0 Å². The molecule has 0 heterocycles. The first-order valence-corrected chi connectivity index (χ1v) is 6.07. The summed E-state index contributed by atoms with van der Waals surface area (Å²) in [5.74, 6) is -0.334. The highest BCUT2D eigenvalue weighted by Gasteiger charge is 2.22. The van der Waals surface area contributed by atoms with Gasteiger partial charge in [0.25, 0.3) is 0 Å². The topological polar surface area (TPSA) is 63.4 Å². The Balaban J connectivity index is 2.46. The molecule has 0 aliphatic rings. The van der Waals surface area contributed by atoms with Crippen molar-refractivity contribution in [2.45, 2.75) is 12.5 Å². The van der Waals surface area contributed by atoms with Gasteiger partial charge in [-0.05, 0) is 16.7 Å². The predicted octanol–water partition coefficient (Wildman–Crippen LogP) is 2.59. The third-order valence-electron chi connectivity index (χ3n) is 3.13. The Kier molecular flexibility index (Phi) is 4.26. The molecule has 0 aliphatic carbocycles. The van der Waals surface area contributed by atoms with Gasteiger partial charge in [-0.15, -0.1) is 0 Å². The Bertz CT molecular complexity index is 554. The lowest BCUT2D eigenvalue weighted by Gasteiger charge is -2.16. The molecule has 2 rings (SSSR count). The van der Waals surface area contributed by atoms with E-state index < -0.39 is 0 Å². The number of nitro groups is 1. The van der Waals surface area contributed by atoms with Crippen LogP contribution in [0.3, 0.4) is 0 Å². The van der Waals surface area contributed by atoms with E-state index in [4.69, 9.17) is 0 Å². The Morgan fingerprint density at radius 3 is 2.32 bits per heavy atom. The molecule has 0 saturated carbocycles. The third-order valence-corrected chi connectivity index (χ3v) is 3.13. The van der Waals surface area contributed by atoms with Crippen LogP contribution in [0.25, 0.3) is 0 Å². The molecule has 0 amide bonds. The van der Waals surface area contributed by atoms with Crippen LogP contribution in [0, 0.1) is 10.1 Å². The number of hydrogen-bond acceptors (Lipinski definition) is 3. The van der Waals surface area contributed by atoms with Crippen LogP contribution in [0.2, 0.25) is 0 Å². The van der Waals surface area contributed by atoms with Gasteiger partial charge in [0, 0.05) is 4.92 Å². The highest BCUT2D eigenvalue weighted by atomic mass is 16.6. The molecule has 0 aliphatic heterocycles. The van der Waals surface area contributed by atoms with Crippen molar-refractivity contribution in [3.8, 4) is 0 Å². The number of hydrogen-bond donors (Lipinski definition) is 1. The fourth-order valence-corrected chi connectivity index (χ4v) is 2.24. The molecular weight excluding hydrogens is 242 g/mol. The van der Waals surface area contributed by atoms with E-state index in [9.17, 15) is 15.2 Å². The monoisotopic (exact) mass is 257 g/mol. The van der Waals surface area contributed by atoms with Crippen LogP contribution in [0.5, 0.6) is 0 Å². The van der Waals surface area contributed by atoms with Crippen molar-refractivity contribution < 1.29 is 10.0 Å². The molecule has 0 spiro atoms. The van der Waals surface area contributed by atoms with E-state index in [1.165, 1.54) is 0 Å². The molecule has 0 unspecified atom stereocenters. The minimum atomic E-state index is -0.334. The summed E-state index contributed by atoms with van der Waals surface area (Å²) < 4.78 is 0. The Hall–Kier alpha value is -2.20. The largest absolute Gasteiger partial charge is 0.392 e. The van der Waals surface area contributed by atoms with E-state index in [1.54, 1.807) is 6.07 Å². The van der Waals surface area contributed by atoms with E-state index in [2.05, 4.69) is 0 Å². The Morgan fingerprint density at radius 2 is 1.68 bits per heavy atom. The summed E-state index contributed by atoms with van der Waals surface area (Å²) >= 11 is 0. The average molecular weight is 257 g/mol. The summed E-state index contributed by atoms with van der Waals surface area (Å²) in [6.07, 6.45) is 0. The van der Waals surface area contributed by atoms with Crippen molar-refractivity contribution in [2.24, 2.45) is 0 Å². The van der Waals surface area contributed by atoms with Gasteiger partial charge in [-0.2, -0.15) is 0 Å². The zero-order chi connectivity index (χ0) is 13.7. The number of benzene rings is 2. The smallest absolute Gasteiger partial charge is 0.214 e. The summed E-state index contributed by atoms with van der Waals surface area (Å²) in [4.78, 5) is 10.6. The molecule has 0 aromatic heterocycles. The average Bonchev–Trinajstić information content (AvgIpc) is 2.45. The molecule has 4 heteroatoms. The molecule has 0 bridgehead atoms. The van der Waals surface area contributed by atoms with Crippen molar-refractivity contribution in [1.82, 2.24) is 0 Å². The van der Waals surface area contributed by atoms with Crippen molar-refractivity contribution in [2.75, 3.05) is 6.54 Å². The van der Waals surface area contributed by atoms with Gasteiger partial charge in [0.15, 0.2) is 0 Å². The van der Waals surface area contributed by atoms with Crippen LogP contribution < -0.4 is 0 Å². The van der Waals surface area contributed by atoms with Gasteiger partial charge in [-0.3, -0.25) is 10.1 Å². The summed E-state index contributed by atoms with van der Waals surface area (Å²) in [6, 6.07) is 16.7. The van der Waals surface area contributed by atoms with Crippen LogP contribution >= 0.6 is 0 Å². The lowest BCUT2D eigenvalue weighted by Crippen LogP contribution is -2.15. The number of aliphatic hydroxyl groups excluding tert-OH is 1. The molecular formula is C15H15NO3. The zero-order valence-corrected chi connectivity index (χ0v) is 10.4. The fraction of sp³-hybridized carbons (Fsp3) is 0.200. The first-order chi connectivity index (χ1) is 9.22. The van der Waals surface area contributed by atoms with Gasteiger partial charge >= 0.3 is 0 Å². The standard InChI is InChI=1S/C15H15NO3/c17-11-13-8-4-5-9-14(13)15(10-16(18)19)12-6-2-1-3-7-12/h1-9,15,17H,10-11H2/t15-/m1/s1. The molecule has 4 nitrogen and oxygen atoms in total. The lowest BCUT2D eigenvalue weighted by atomic mass is 9.88. The van der Waals surface area contributed by atoms with Crippen LogP contribution in [-0.2, 0) is 6.61 Å². The number of nitrogens with zero attached hydrogens (tertiary/aromatic N) is 1. The van der Waals surface area contributed by atoms with E-state index in [-0.39, 0.29) is 24.0 Å². The molecule has 1 N–H and O–H groups in total. The van der Waals surface area contributed by atoms with Crippen molar-refractivity contribution in [3.05, 3.63) is 81.4 Å². The summed E-state index contributed by atoms with van der Waals surface area (Å²) in [5, 5.41) is 20.3. The SMILES string of the molecule is O=[N+]([O-])C[C@H](c1ccccc1)c1ccccc1CO. The maximum Gasteiger partial charge on any atom is 0.214 e. The molecule has 2 aromatic rings. The Morgan fingerprint density at radius 1 is 1.05 bits per heavy atom. The minimum absolute atomic E-state index is 0.114. The summed E-state index contributed by atoms with van der Waals surface area (Å²) in [5.41, 5.74) is 2.44. The van der Waals surface area contributed by atoms with Crippen LogP contribution in [0.15, 0.2) is 54.6 Å². The number of aliphatic hydroxyl groups is 1. The van der Waals surface area contributed by atoms with Crippen molar-refractivity contribution >= 4 is 0 Å². The van der Waals surface area contributed by atoms with Crippen LogP contribution in [0.1, 0.15) is 22.6 Å². The first kappa shape index (κ1) is 13.2. The van der Waals surface area contributed by atoms with Gasteiger partial charge in [0.2, 0.25) is 6.54 Å². The van der Waals surface area contributed by atoms with E-state index in [0.717, 1.165) is 16.7 Å². The predicted molar refractivity (Wildman–Crippen MR) is 72.5 cm³/mol. The maximum atomic E-state index is 10.9. The molecule has 0 fully saturated rings. The van der Waals surface area contributed by atoms with E-state index in [1.807, 2.05) is 48.5 Å². The van der Waals surface area contributed by atoms with E-state index in [0.29, 0.717) is 0 Å². The van der Waals surface area contributed by atoms with Gasteiger partial charge in [-0.1, -0.05) is 54.6 Å². The van der Waals surface area contributed by atoms with Gasteiger partial charge in [0.1, 0.15) is 0 Å². The summed E-state index contributed by atoms with van der Waals surface area (Å²) in [7, 11) is 0. The highest BCUT2D eigenvalue weighted by Crippen LogP contribution is 2.27. The fourth-order valence-electron chi connectivity index (χ4n) is 2.24. The minimum Gasteiger partial charge on any atom is -0.392 e. The zero-order valence-electron chi connectivity index (χ0n) is 10.4. The van der Waals surface area contributed by atoms with Crippen molar-refractivity contribution in [1.29, 1.82) is 0 Å². The molecule has 98 valence electrons.